The zero-order valence-corrected chi connectivity index (χ0v) is 11.9. The summed E-state index contributed by atoms with van der Waals surface area (Å²) in [5.74, 6) is 0.0569. The average molecular weight is 286 g/mol. The maximum absolute atomic E-state index is 11.4. The second-order valence-electron chi connectivity index (χ2n) is 4.02. The summed E-state index contributed by atoms with van der Waals surface area (Å²) in [6.45, 7) is 0.507. The molecule has 1 amide bonds. The number of carbonyl (C=O) groups excluding carboxylic acids is 1. The molecule has 4 nitrogen and oxygen atoms in total. The molecule has 3 N–H and O–H groups in total. The smallest absolute Gasteiger partial charge is 0.223 e. The van der Waals surface area contributed by atoms with Crippen molar-refractivity contribution in [2.75, 3.05) is 26.0 Å². The Bertz CT molecular complexity index is 463. The average Bonchev–Trinajstić information content (AvgIpc) is 2.28. The third-order valence-electron chi connectivity index (χ3n) is 2.40. The summed E-state index contributed by atoms with van der Waals surface area (Å²) in [7, 11) is 3.45. The predicted octanol–water partition coefficient (Wildman–Crippen LogP) is 1.86. The van der Waals surface area contributed by atoms with Crippen LogP contribution in [-0.2, 0) is 4.79 Å². The summed E-state index contributed by atoms with van der Waals surface area (Å²) in [6, 6.07) is 5.24. The normalized spacial score (nSPS) is 9.94. The van der Waals surface area contributed by atoms with Crippen LogP contribution in [0.5, 0.6) is 0 Å². The molecular formula is C12H16ClN3OS. The Kier molecular flexibility index (Phi) is 5.37. The standard InChI is InChI=1S/C12H16ClN3OS/c1-16(2)11(17)5-6-15-10-7-8(13)3-4-9(10)12(14)18/h3-4,7,15H,5-6H2,1-2H3,(H2,14,18). The number of hydrogen-bond donors (Lipinski definition) is 2. The monoisotopic (exact) mass is 285 g/mol. The van der Waals surface area contributed by atoms with Crippen LogP contribution in [0.25, 0.3) is 0 Å². The molecule has 0 heterocycles. The maximum Gasteiger partial charge on any atom is 0.223 e. The van der Waals surface area contributed by atoms with Crippen molar-refractivity contribution in [1.82, 2.24) is 4.90 Å². The van der Waals surface area contributed by atoms with Crippen molar-refractivity contribution in [3.8, 4) is 0 Å². The first-order chi connectivity index (χ1) is 8.41. The van der Waals surface area contributed by atoms with Gasteiger partial charge in [-0.15, -0.1) is 0 Å². The van der Waals surface area contributed by atoms with Crippen molar-refractivity contribution >= 4 is 40.4 Å². The second kappa shape index (κ2) is 6.56. The molecule has 18 heavy (non-hydrogen) atoms. The summed E-state index contributed by atoms with van der Waals surface area (Å²) in [6.07, 6.45) is 0.399. The van der Waals surface area contributed by atoms with Crippen LogP contribution in [0.3, 0.4) is 0 Å². The Morgan fingerprint density at radius 1 is 1.50 bits per heavy atom. The highest BCUT2D eigenvalue weighted by atomic mass is 35.5. The van der Waals surface area contributed by atoms with Gasteiger partial charge in [-0.1, -0.05) is 23.8 Å². The molecule has 0 atom stereocenters. The fourth-order valence-corrected chi connectivity index (χ4v) is 1.76. The van der Waals surface area contributed by atoms with Gasteiger partial charge in [-0.3, -0.25) is 4.79 Å². The summed E-state index contributed by atoms with van der Waals surface area (Å²) in [5.41, 5.74) is 7.10. The van der Waals surface area contributed by atoms with E-state index in [-0.39, 0.29) is 5.91 Å². The fourth-order valence-electron chi connectivity index (χ4n) is 1.41. The Hall–Kier alpha value is -1.33. The van der Waals surface area contributed by atoms with Crippen LogP contribution in [0.15, 0.2) is 18.2 Å². The minimum atomic E-state index is 0.0569. The first-order valence-corrected chi connectivity index (χ1v) is 6.24. The number of hydrogen-bond acceptors (Lipinski definition) is 3. The first kappa shape index (κ1) is 14.7. The van der Waals surface area contributed by atoms with Crippen LogP contribution in [0, 0.1) is 0 Å². The number of nitrogens with two attached hydrogens (primary N) is 1. The lowest BCUT2D eigenvalue weighted by Crippen LogP contribution is -2.24. The second-order valence-corrected chi connectivity index (χ2v) is 4.90. The van der Waals surface area contributed by atoms with E-state index in [9.17, 15) is 4.79 Å². The Balaban J connectivity index is 2.69. The van der Waals surface area contributed by atoms with E-state index in [2.05, 4.69) is 5.32 Å². The third kappa shape index (κ3) is 4.16. The molecule has 1 aromatic rings. The lowest BCUT2D eigenvalue weighted by Gasteiger charge is -2.13. The maximum atomic E-state index is 11.4. The van der Waals surface area contributed by atoms with Gasteiger partial charge in [-0.25, -0.2) is 0 Å². The van der Waals surface area contributed by atoms with E-state index in [0.29, 0.717) is 23.0 Å². The Morgan fingerprint density at radius 2 is 2.17 bits per heavy atom. The molecule has 0 fully saturated rings. The van der Waals surface area contributed by atoms with E-state index in [4.69, 9.17) is 29.6 Å². The molecule has 0 saturated carbocycles. The van der Waals surface area contributed by atoms with Gasteiger partial charge >= 0.3 is 0 Å². The summed E-state index contributed by atoms with van der Waals surface area (Å²) >= 11 is 10.9. The molecule has 0 bridgehead atoms. The van der Waals surface area contributed by atoms with Gasteiger partial charge in [0.05, 0.1) is 0 Å². The summed E-state index contributed by atoms with van der Waals surface area (Å²) in [4.78, 5) is 13.3. The van der Waals surface area contributed by atoms with Crippen molar-refractivity contribution in [3.63, 3.8) is 0 Å². The zero-order chi connectivity index (χ0) is 13.7. The molecule has 1 aromatic carbocycles. The van der Waals surface area contributed by atoms with Gasteiger partial charge in [0.15, 0.2) is 0 Å². The van der Waals surface area contributed by atoms with Crippen LogP contribution < -0.4 is 11.1 Å². The van der Waals surface area contributed by atoms with Gasteiger partial charge in [-0.2, -0.15) is 0 Å². The van der Waals surface area contributed by atoms with E-state index in [0.717, 1.165) is 11.3 Å². The quantitative estimate of drug-likeness (QED) is 0.811. The minimum absolute atomic E-state index is 0.0569. The summed E-state index contributed by atoms with van der Waals surface area (Å²) < 4.78 is 0. The molecular weight excluding hydrogens is 270 g/mol. The SMILES string of the molecule is CN(C)C(=O)CCNc1cc(Cl)ccc1C(N)=S. The van der Waals surface area contributed by atoms with E-state index in [1.54, 1.807) is 37.2 Å². The van der Waals surface area contributed by atoms with Crippen molar-refractivity contribution in [3.05, 3.63) is 28.8 Å². The number of benzene rings is 1. The van der Waals surface area contributed by atoms with Crippen LogP contribution in [-0.4, -0.2) is 36.4 Å². The van der Waals surface area contributed by atoms with Crippen LogP contribution >= 0.6 is 23.8 Å². The van der Waals surface area contributed by atoms with Crippen LogP contribution in [0.2, 0.25) is 5.02 Å². The van der Waals surface area contributed by atoms with Crippen LogP contribution in [0.4, 0.5) is 5.69 Å². The van der Waals surface area contributed by atoms with Crippen molar-refractivity contribution in [2.24, 2.45) is 5.73 Å². The lowest BCUT2D eigenvalue weighted by molar-refractivity contribution is -0.128. The number of carbonyl (C=O) groups is 1. The number of halogens is 1. The van der Waals surface area contributed by atoms with E-state index in [1.165, 1.54) is 0 Å². The molecule has 0 radical (unpaired) electrons. The highest BCUT2D eigenvalue weighted by Gasteiger charge is 2.07. The summed E-state index contributed by atoms with van der Waals surface area (Å²) in [5, 5.41) is 3.72. The van der Waals surface area contributed by atoms with Gasteiger partial charge in [-0.05, 0) is 18.2 Å². The van der Waals surface area contributed by atoms with Gasteiger partial charge < -0.3 is 16.0 Å². The van der Waals surface area contributed by atoms with E-state index >= 15 is 0 Å². The van der Waals surface area contributed by atoms with Gasteiger partial charge in [0.25, 0.3) is 0 Å². The van der Waals surface area contributed by atoms with E-state index < -0.39 is 0 Å². The molecule has 98 valence electrons. The van der Waals surface area contributed by atoms with Gasteiger partial charge in [0.1, 0.15) is 4.99 Å². The number of thiocarbonyl (C=S) groups is 1. The highest BCUT2D eigenvalue weighted by molar-refractivity contribution is 7.80. The minimum Gasteiger partial charge on any atom is -0.389 e. The van der Waals surface area contributed by atoms with E-state index in [1.807, 2.05) is 0 Å². The topological polar surface area (TPSA) is 58.4 Å². The third-order valence-corrected chi connectivity index (χ3v) is 2.86. The largest absolute Gasteiger partial charge is 0.389 e. The molecule has 6 heteroatoms. The number of amides is 1. The molecule has 0 saturated heterocycles. The number of rotatable bonds is 5. The van der Waals surface area contributed by atoms with Crippen molar-refractivity contribution in [1.29, 1.82) is 0 Å². The molecule has 0 aliphatic rings. The lowest BCUT2D eigenvalue weighted by atomic mass is 10.1. The fraction of sp³-hybridized carbons (Fsp3) is 0.333. The molecule has 0 unspecified atom stereocenters. The number of nitrogens with zero attached hydrogens (tertiary/aromatic N) is 1. The van der Waals surface area contributed by atoms with Crippen LogP contribution in [0.1, 0.15) is 12.0 Å². The molecule has 0 spiro atoms. The van der Waals surface area contributed by atoms with Gasteiger partial charge in [0.2, 0.25) is 5.91 Å². The van der Waals surface area contributed by atoms with Crippen molar-refractivity contribution in [2.45, 2.75) is 6.42 Å². The number of nitrogens with one attached hydrogen (secondary N) is 1. The number of anilines is 1. The Morgan fingerprint density at radius 3 is 2.72 bits per heavy atom. The predicted molar refractivity (Wildman–Crippen MR) is 79.1 cm³/mol. The molecule has 1 rings (SSSR count). The molecule has 0 aliphatic heterocycles. The molecule has 0 aliphatic carbocycles. The molecule has 0 aromatic heterocycles. The highest BCUT2D eigenvalue weighted by Crippen LogP contribution is 2.21. The van der Waals surface area contributed by atoms with Crippen molar-refractivity contribution < 1.29 is 4.79 Å². The Labute approximate surface area is 117 Å². The van der Waals surface area contributed by atoms with Gasteiger partial charge in [0, 0.05) is 43.3 Å². The first-order valence-electron chi connectivity index (χ1n) is 5.45. The zero-order valence-electron chi connectivity index (χ0n) is 10.4.